The van der Waals surface area contributed by atoms with Crippen LogP contribution in [0.3, 0.4) is 0 Å². The highest BCUT2D eigenvalue weighted by atomic mass is 32.1. The lowest BCUT2D eigenvalue weighted by Gasteiger charge is -2.05. The highest BCUT2D eigenvalue weighted by Gasteiger charge is 2.11. The van der Waals surface area contributed by atoms with E-state index < -0.39 is 0 Å². The Balaban J connectivity index is 1.76. The molecule has 0 unspecified atom stereocenters. The summed E-state index contributed by atoms with van der Waals surface area (Å²) in [5.41, 5.74) is 4.57. The maximum atomic E-state index is 4.47. The van der Waals surface area contributed by atoms with Gasteiger partial charge in [-0.3, -0.25) is 10.1 Å². The van der Waals surface area contributed by atoms with Crippen molar-refractivity contribution in [2.24, 2.45) is 0 Å². The maximum Gasteiger partial charge on any atom is 0.188 e. The maximum absolute atomic E-state index is 4.47. The lowest BCUT2D eigenvalue weighted by molar-refractivity contribution is 0.923. The number of anilines is 2. The lowest BCUT2D eigenvalue weighted by atomic mass is 10.0. The van der Waals surface area contributed by atoms with Crippen molar-refractivity contribution in [3.05, 3.63) is 64.9 Å². The number of aromatic nitrogens is 4. The molecule has 4 rings (SSSR count). The summed E-state index contributed by atoms with van der Waals surface area (Å²) in [5.74, 6) is 0.812. The molecule has 0 amide bonds. The second-order valence-electron chi connectivity index (χ2n) is 6.01. The Hall–Kier alpha value is -2.99. The third-order valence-corrected chi connectivity index (χ3v) is 4.81. The normalized spacial score (nSPS) is 11.4. The molecule has 0 saturated carbocycles. The molecule has 0 aliphatic rings. The number of rotatable bonds is 6. The number of hydrogen-bond donors (Lipinski definition) is 2. The van der Waals surface area contributed by atoms with E-state index in [9.17, 15) is 0 Å². The number of H-pyrrole nitrogens is 1. The second kappa shape index (κ2) is 7.49. The molecule has 1 aromatic carbocycles. The zero-order valence-corrected chi connectivity index (χ0v) is 15.3. The standard InChI is InChI=1S/C20H19N5S/c1-2-3-15-12-16(5-4-14-6-8-21-9-7-14)18-17(13-15)19(25-24-18)23-20-22-10-11-26-20/h4-13H,2-3H2,1H3,(H2,22,23,24,25). The van der Waals surface area contributed by atoms with Crippen molar-refractivity contribution < 1.29 is 0 Å². The first-order valence-corrected chi connectivity index (χ1v) is 9.47. The molecule has 4 aromatic rings. The van der Waals surface area contributed by atoms with Crippen molar-refractivity contribution in [1.29, 1.82) is 0 Å². The van der Waals surface area contributed by atoms with E-state index in [0.29, 0.717) is 0 Å². The Bertz CT molecular complexity index is 1020. The van der Waals surface area contributed by atoms with Gasteiger partial charge in [0.05, 0.1) is 5.52 Å². The van der Waals surface area contributed by atoms with Gasteiger partial charge in [0.2, 0.25) is 0 Å². The number of benzene rings is 1. The average Bonchev–Trinajstić information content (AvgIpc) is 3.32. The molecule has 0 fully saturated rings. The van der Waals surface area contributed by atoms with E-state index in [0.717, 1.165) is 45.8 Å². The topological polar surface area (TPSA) is 66.5 Å². The molecule has 0 saturated heterocycles. The molecule has 0 aliphatic carbocycles. The second-order valence-corrected chi connectivity index (χ2v) is 6.90. The number of fused-ring (bicyclic) bond motifs is 1. The van der Waals surface area contributed by atoms with Crippen LogP contribution in [0.15, 0.2) is 48.2 Å². The summed E-state index contributed by atoms with van der Waals surface area (Å²) in [5, 5.41) is 14.8. The number of nitrogens with zero attached hydrogens (tertiary/aromatic N) is 3. The first-order valence-electron chi connectivity index (χ1n) is 8.59. The van der Waals surface area contributed by atoms with Crippen LogP contribution in [0, 0.1) is 0 Å². The van der Waals surface area contributed by atoms with Gasteiger partial charge in [0, 0.05) is 34.9 Å². The zero-order valence-electron chi connectivity index (χ0n) is 14.4. The van der Waals surface area contributed by atoms with Crippen LogP contribution in [0.1, 0.15) is 30.0 Å². The van der Waals surface area contributed by atoms with Gasteiger partial charge in [-0.25, -0.2) is 4.98 Å². The van der Waals surface area contributed by atoms with Gasteiger partial charge in [0.25, 0.3) is 0 Å². The Morgan fingerprint density at radius 3 is 2.81 bits per heavy atom. The molecule has 0 radical (unpaired) electrons. The van der Waals surface area contributed by atoms with Crippen molar-refractivity contribution in [2.75, 3.05) is 5.32 Å². The van der Waals surface area contributed by atoms with E-state index in [1.54, 1.807) is 29.9 Å². The van der Waals surface area contributed by atoms with Gasteiger partial charge in [-0.15, -0.1) is 11.3 Å². The minimum absolute atomic E-state index is 0.812. The molecule has 5 nitrogen and oxygen atoms in total. The van der Waals surface area contributed by atoms with Crippen molar-refractivity contribution in [2.45, 2.75) is 19.8 Å². The molecule has 0 aliphatic heterocycles. The fraction of sp³-hybridized carbons (Fsp3) is 0.150. The number of nitrogens with one attached hydrogen (secondary N) is 2. The molecule has 0 spiro atoms. The zero-order chi connectivity index (χ0) is 17.8. The van der Waals surface area contributed by atoms with Gasteiger partial charge in [0.15, 0.2) is 10.9 Å². The molecule has 130 valence electrons. The summed E-state index contributed by atoms with van der Waals surface area (Å²) in [6.07, 6.45) is 11.8. The Labute approximate surface area is 155 Å². The average molecular weight is 361 g/mol. The molecular formula is C20H19N5S. The van der Waals surface area contributed by atoms with E-state index >= 15 is 0 Å². The smallest absolute Gasteiger partial charge is 0.188 e. The first kappa shape index (κ1) is 16.5. The molecule has 6 heteroatoms. The third kappa shape index (κ3) is 3.50. The molecule has 3 heterocycles. The predicted molar refractivity (Wildman–Crippen MR) is 109 cm³/mol. The van der Waals surface area contributed by atoms with Crippen LogP contribution in [-0.2, 0) is 6.42 Å². The SMILES string of the molecule is CCCc1cc(C=Cc2ccncc2)c2[nH]nc(Nc3nccs3)c2c1. The summed E-state index contributed by atoms with van der Waals surface area (Å²) in [6, 6.07) is 8.43. The van der Waals surface area contributed by atoms with Crippen LogP contribution >= 0.6 is 11.3 Å². The number of thiazole rings is 1. The molecule has 3 aromatic heterocycles. The summed E-state index contributed by atoms with van der Waals surface area (Å²) < 4.78 is 0. The summed E-state index contributed by atoms with van der Waals surface area (Å²) in [4.78, 5) is 8.35. The van der Waals surface area contributed by atoms with E-state index in [1.807, 2.05) is 17.5 Å². The fourth-order valence-electron chi connectivity index (χ4n) is 2.92. The van der Waals surface area contributed by atoms with Crippen LogP contribution < -0.4 is 5.32 Å². The van der Waals surface area contributed by atoms with Gasteiger partial charge in [-0.2, -0.15) is 5.10 Å². The van der Waals surface area contributed by atoms with E-state index in [4.69, 9.17) is 0 Å². The highest BCUT2D eigenvalue weighted by molar-refractivity contribution is 7.13. The molecule has 0 bridgehead atoms. The Kier molecular flexibility index (Phi) is 4.75. The summed E-state index contributed by atoms with van der Waals surface area (Å²) in [6.45, 7) is 2.20. The van der Waals surface area contributed by atoms with Crippen molar-refractivity contribution >= 4 is 45.3 Å². The molecule has 2 N–H and O–H groups in total. The molecule has 26 heavy (non-hydrogen) atoms. The number of aryl methyl sites for hydroxylation is 1. The van der Waals surface area contributed by atoms with Gasteiger partial charge < -0.3 is 5.32 Å². The van der Waals surface area contributed by atoms with Gasteiger partial charge >= 0.3 is 0 Å². The van der Waals surface area contributed by atoms with Gasteiger partial charge in [-0.05, 0) is 41.8 Å². The number of hydrogen-bond acceptors (Lipinski definition) is 5. The largest absolute Gasteiger partial charge is 0.314 e. The summed E-state index contributed by atoms with van der Waals surface area (Å²) >= 11 is 1.56. The summed E-state index contributed by atoms with van der Waals surface area (Å²) in [7, 11) is 0. The van der Waals surface area contributed by atoms with Crippen molar-refractivity contribution in [3.63, 3.8) is 0 Å². The molecule has 0 atom stereocenters. The van der Waals surface area contributed by atoms with Crippen LogP contribution in [-0.4, -0.2) is 20.2 Å². The van der Waals surface area contributed by atoms with Gasteiger partial charge in [0.1, 0.15) is 0 Å². The van der Waals surface area contributed by atoms with E-state index in [2.05, 4.69) is 56.7 Å². The van der Waals surface area contributed by atoms with Crippen LogP contribution in [0.25, 0.3) is 23.1 Å². The van der Waals surface area contributed by atoms with Crippen LogP contribution in [0.4, 0.5) is 10.9 Å². The monoisotopic (exact) mass is 361 g/mol. The highest BCUT2D eigenvalue weighted by Crippen LogP contribution is 2.29. The quantitative estimate of drug-likeness (QED) is 0.490. The van der Waals surface area contributed by atoms with Crippen LogP contribution in [0.5, 0.6) is 0 Å². The number of pyridine rings is 1. The minimum Gasteiger partial charge on any atom is -0.314 e. The van der Waals surface area contributed by atoms with Crippen LogP contribution in [0.2, 0.25) is 0 Å². The first-order chi connectivity index (χ1) is 12.8. The Morgan fingerprint density at radius 1 is 1.15 bits per heavy atom. The minimum atomic E-state index is 0.812. The molecular weight excluding hydrogens is 342 g/mol. The third-order valence-electron chi connectivity index (χ3n) is 4.12. The predicted octanol–water partition coefficient (Wildman–Crippen LogP) is 5.28. The van der Waals surface area contributed by atoms with Gasteiger partial charge in [-0.1, -0.05) is 25.5 Å². The van der Waals surface area contributed by atoms with Crippen molar-refractivity contribution in [1.82, 2.24) is 20.2 Å². The number of aromatic amines is 1. The lowest BCUT2D eigenvalue weighted by Crippen LogP contribution is -1.91. The Morgan fingerprint density at radius 2 is 2.04 bits per heavy atom. The van der Waals surface area contributed by atoms with E-state index in [1.165, 1.54) is 5.56 Å². The van der Waals surface area contributed by atoms with E-state index in [-0.39, 0.29) is 0 Å². The fourth-order valence-corrected chi connectivity index (χ4v) is 3.44. The van der Waals surface area contributed by atoms with Crippen molar-refractivity contribution in [3.8, 4) is 0 Å².